The van der Waals surface area contributed by atoms with E-state index in [1.54, 1.807) is 6.07 Å². The lowest BCUT2D eigenvalue weighted by atomic mass is 10.1. The Bertz CT molecular complexity index is 336. The normalized spacial score (nSPS) is 10.1. The van der Waals surface area contributed by atoms with Crippen molar-refractivity contribution < 1.29 is 5.11 Å². The van der Waals surface area contributed by atoms with E-state index in [2.05, 4.69) is 11.9 Å². The third kappa shape index (κ3) is 3.40. The number of hydrogen-bond donors (Lipinski definition) is 2. The quantitative estimate of drug-likeness (QED) is 0.803. The smallest absolute Gasteiger partial charge is 0.120 e. The fourth-order valence-corrected chi connectivity index (χ4v) is 1.28. The van der Waals surface area contributed by atoms with Gasteiger partial charge in [-0.1, -0.05) is 35.9 Å². The van der Waals surface area contributed by atoms with E-state index >= 15 is 0 Å². The van der Waals surface area contributed by atoms with Crippen LogP contribution in [0.5, 0.6) is 5.75 Å². The molecule has 0 spiro atoms. The molecule has 0 saturated heterocycles. The van der Waals surface area contributed by atoms with Crippen LogP contribution in [0, 0.1) is 6.92 Å². The summed E-state index contributed by atoms with van der Waals surface area (Å²) in [7, 11) is 0. The first-order valence-electron chi connectivity index (χ1n) is 4.42. The number of benzene rings is 1. The second kappa shape index (κ2) is 5.03. The number of nitrogens with one attached hydrogen (secondary N) is 1. The molecule has 3 heteroatoms. The van der Waals surface area contributed by atoms with Gasteiger partial charge < -0.3 is 10.4 Å². The third-order valence-electron chi connectivity index (χ3n) is 1.87. The van der Waals surface area contributed by atoms with E-state index in [0.717, 1.165) is 11.1 Å². The number of hydrogen-bond acceptors (Lipinski definition) is 2. The van der Waals surface area contributed by atoms with Gasteiger partial charge in [-0.2, -0.15) is 0 Å². The molecule has 0 atom stereocenters. The van der Waals surface area contributed by atoms with Crippen molar-refractivity contribution in [3.63, 3.8) is 0 Å². The minimum atomic E-state index is 0.309. The van der Waals surface area contributed by atoms with Crippen molar-refractivity contribution in [2.75, 3.05) is 6.54 Å². The zero-order valence-electron chi connectivity index (χ0n) is 8.18. The van der Waals surface area contributed by atoms with Gasteiger partial charge in [0.15, 0.2) is 0 Å². The summed E-state index contributed by atoms with van der Waals surface area (Å²) < 4.78 is 0. The predicted octanol–water partition coefficient (Wildman–Crippen LogP) is 2.54. The zero-order valence-corrected chi connectivity index (χ0v) is 8.93. The lowest BCUT2D eigenvalue weighted by Crippen LogP contribution is -2.14. The van der Waals surface area contributed by atoms with Crippen molar-refractivity contribution in [1.29, 1.82) is 0 Å². The molecular weight excluding hydrogens is 198 g/mol. The van der Waals surface area contributed by atoms with Crippen LogP contribution in [-0.2, 0) is 6.54 Å². The first-order valence-corrected chi connectivity index (χ1v) is 4.80. The summed E-state index contributed by atoms with van der Waals surface area (Å²) in [6, 6.07) is 5.51. The summed E-state index contributed by atoms with van der Waals surface area (Å²) in [4.78, 5) is 0. The lowest BCUT2D eigenvalue weighted by Gasteiger charge is -2.06. The largest absolute Gasteiger partial charge is 0.508 e. The van der Waals surface area contributed by atoms with Crippen LogP contribution in [0.4, 0.5) is 0 Å². The standard InChI is InChI=1S/C11H14ClNO/c1-8-3-4-11(14)10(5-8)7-13-6-9(2)12/h3-5,13-14H,2,6-7H2,1H3. The molecule has 14 heavy (non-hydrogen) atoms. The average Bonchev–Trinajstić information content (AvgIpc) is 2.10. The molecule has 0 aliphatic carbocycles. The monoisotopic (exact) mass is 211 g/mol. The molecule has 0 fully saturated rings. The molecule has 1 aromatic carbocycles. The van der Waals surface area contributed by atoms with Gasteiger partial charge in [-0.15, -0.1) is 0 Å². The highest BCUT2D eigenvalue weighted by atomic mass is 35.5. The van der Waals surface area contributed by atoms with Gasteiger partial charge in [0.2, 0.25) is 0 Å². The highest BCUT2D eigenvalue weighted by Crippen LogP contribution is 2.17. The maximum absolute atomic E-state index is 9.50. The lowest BCUT2D eigenvalue weighted by molar-refractivity contribution is 0.465. The van der Waals surface area contributed by atoms with Gasteiger partial charge in [0.05, 0.1) is 0 Å². The minimum Gasteiger partial charge on any atom is -0.508 e. The Morgan fingerprint density at radius 1 is 1.57 bits per heavy atom. The molecule has 76 valence electrons. The summed E-state index contributed by atoms with van der Waals surface area (Å²) in [5.74, 6) is 0.309. The molecule has 2 N–H and O–H groups in total. The number of halogens is 1. The number of aromatic hydroxyl groups is 1. The van der Waals surface area contributed by atoms with Crippen molar-refractivity contribution in [2.24, 2.45) is 0 Å². The summed E-state index contributed by atoms with van der Waals surface area (Å²) in [6.07, 6.45) is 0. The Balaban J connectivity index is 2.57. The maximum Gasteiger partial charge on any atom is 0.120 e. The number of rotatable bonds is 4. The van der Waals surface area contributed by atoms with Gasteiger partial charge in [-0.05, 0) is 13.0 Å². The number of phenolic OH excluding ortho intramolecular Hbond substituents is 1. The van der Waals surface area contributed by atoms with Crippen molar-refractivity contribution in [3.05, 3.63) is 40.9 Å². The van der Waals surface area contributed by atoms with Crippen LogP contribution in [0.1, 0.15) is 11.1 Å². The topological polar surface area (TPSA) is 32.3 Å². The van der Waals surface area contributed by atoms with Crippen LogP contribution in [0.15, 0.2) is 29.8 Å². The van der Waals surface area contributed by atoms with E-state index < -0.39 is 0 Å². The van der Waals surface area contributed by atoms with E-state index in [0.29, 0.717) is 23.9 Å². The van der Waals surface area contributed by atoms with E-state index in [-0.39, 0.29) is 0 Å². The molecule has 1 aromatic rings. The summed E-state index contributed by atoms with van der Waals surface area (Å²) in [5, 5.41) is 13.1. The molecule has 0 radical (unpaired) electrons. The molecular formula is C11H14ClNO. The highest BCUT2D eigenvalue weighted by molar-refractivity contribution is 6.29. The van der Waals surface area contributed by atoms with E-state index in [9.17, 15) is 5.11 Å². The van der Waals surface area contributed by atoms with Gasteiger partial charge in [-0.3, -0.25) is 0 Å². The van der Waals surface area contributed by atoms with Crippen LogP contribution >= 0.6 is 11.6 Å². The summed E-state index contributed by atoms with van der Waals surface area (Å²) >= 11 is 5.60. The number of phenols is 1. The Hall–Kier alpha value is -0.990. The fraction of sp³-hybridized carbons (Fsp3) is 0.273. The van der Waals surface area contributed by atoms with Crippen LogP contribution in [-0.4, -0.2) is 11.7 Å². The van der Waals surface area contributed by atoms with Crippen LogP contribution < -0.4 is 5.32 Å². The third-order valence-corrected chi connectivity index (χ3v) is 2.00. The molecule has 0 aliphatic rings. The second-order valence-electron chi connectivity index (χ2n) is 3.25. The molecule has 0 bridgehead atoms. The number of aryl methyl sites for hydroxylation is 1. The van der Waals surface area contributed by atoms with Gasteiger partial charge in [0, 0.05) is 23.7 Å². The van der Waals surface area contributed by atoms with Gasteiger partial charge >= 0.3 is 0 Å². The van der Waals surface area contributed by atoms with Crippen molar-refractivity contribution >= 4 is 11.6 Å². The van der Waals surface area contributed by atoms with Crippen molar-refractivity contribution in [2.45, 2.75) is 13.5 Å². The summed E-state index contributed by atoms with van der Waals surface area (Å²) in [6.45, 7) is 6.70. The molecule has 0 aromatic heterocycles. The molecule has 1 rings (SSSR count). The molecule has 0 heterocycles. The van der Waals surface area contributed by atoms with Gasteiger partial charge in [0.25, 0.3) is 0 Å². The first-order chi connectivity index (χ1) is 6.59. The van der Waals surface area contributed by atoms with Gasteiger partial charge in [-0.25, -0.2) is 0 Å². The average molecular weight is 212 g/mol. The Labute approximate surface area is 89.2 Å². The Morgan fingerprint density at radius 2 is 2.29 bits per heavy atom. The first kappa shape index (κ1) is 11.1. The molecule has 2 nitrogen and oxygen atoms in total. The fourth-order valence-electron chi connectivity index (χ4n) is 1.19. The highest BCUT2D eigenvalue weighted by Gasteiger charge is 2.00. The van der Waals surface area contributed by atoms with Crippen LogP contribution in [0.25, 0.3) is 0 Å². The molecule has 0 saturated carbocycles. The van der Waals surface area contributed by atoms with E-state index in [4.69, 9.17) is 11.6 Å². The Kier molecular flexibility index (Phi) is 3.98. The summed E-state index contributed by atoms with van der Waals surface area (Å²) in [5.41, 5.74) is 2.01. The molecule has 0 amide bonds. The SMILES string of the molecule is C=C(Cl)CNCc1cc(C)ccc1O. The molecule has 0 aliphatic heterocycles. The van der Waals surface area contributed by atoms with Crippen molar-refractivity contribution in [1.82, 2.24) is 5.32 Å². The van der Waals surface area contributed by atoms with Crippen LogP contribution in [0.3, 0.4) is 0 Å². The predicted molar refractivity (Wildman–Crippen MR) is 59.5 cm³/mol. The zero-order chi connectivity index (χ0) is 10.6. The van der Waals surface area contributed by atoms with E-state index in [1.165, 1.54) is 0 Å². The van der Waals surface area contributed by atoms with E-state index in [1.807, 2.05) is 19.1 Å². The Morgan fingerprint density at radius 3 is 2.93 bits per heavy atom. The molecule has 0 unspecified atom stereocenters. The second-order valence-corrected chi connectivity index (χ2v) is 3.79. The minimum absolute atomic E-state index is 0.309. The van der Waals surface area contributed by atoms with Gasteiger partial charge in [0.1, 0.15) is 5.75 Å². The maximum atomic E-state index is 9.50. The van der Waals surface area contributed by atoms with Crippen molar-refractivity contribution in [3.8, 4) is 5.75 Å². The van der Waals surface area contributed by atoms with Crippen LogP contribution in [0.2, 0.25) is 0 Å².